The van der Waals surface area contributed by atoms with Crippen molar-refractivity contribution in [1.29, 1.82) is 0 Å². The van der Waals surface area contributed by atoms with E-state index in [0.717, 1.165) is 46.9 Å². The molecule has 0 amide bonds. The summed E-state index contributed by atoms with van der Waals surface area (Å²) in [5, 5.41) is 1.21. The third-order valence-corrected chi connectivity index (χ3v) is 6.23. The Morgan fingerprint density at radius 3 is 2.63 bits per heavy atom. The average Bonchev–Trinajstić information content (AvgIpc) is 3.40. The van der Waals surface area contributed by atoms with Gasteiger partial charge in [0.2, 0.25) is 0 Å². The van der Waals surface area contributed by atoms with Crippen LogP contribution in [0.15, 0.2) is 54.3 Å². The van der Waals surface area contributed by atoms with E-state index in [9.17, 15) is 0 Å². The van der Waals surface area contributed by atoms with Crippen molar-refractivity contribution in [3.05, 3.63) is 71.1 Å². The number of benzene rings is 2. The standard InChI is InChI=1S/C25H23NO4/c1-27-17-8-6-16(7-9-17)14-22-24-23(18-4-2-3-5-20(18)26-24)19-15-25(28-12-13-29-25)11-10-21(19)30-22/h2-9,14,26H,10-13,15H2,1H3. The van der Waals surface area contributed by atoms with Gasteiger partial charge in [0.15, 0.2) is 11.5 Å². The second-order valence-corrected chi connectivity index (χ2v) is 7.99. The van der Waals surface area contributed by atoms with Crippen LogP contribution in [-0.4, -0.2) is 31.1 Å². The highest BCUT2D eigenvalue weighted by molar-refractivity contribution is 6.01. The van der Waals surface area contributed by atoms with E-state index < -0.39 is 5.79 Å². The molecule has 1 spiro atoms. The fraction of sp³-hybridized carbons (Fsp3) is 0.280. The summed E-state index contributed by atoms with van der Waals surface area (Å²) in [5.41, 5.74) is 5.59. The molecular formula is C25H23NO4. The normalized spacial score (nSPS) is 21.0. The zero-order valence-electron chi connectivity index (χ0n) is 16.9. The van der Waals surface area contributed by atoms with Crippen LogP contribution < -0.4 is 4.74 Å². The molecule has 1 N–H and O–H groups in total. The SMILES string of the molecule is COc1ccc(C=C2OC3=C(CC4(CC3)OCCO4)c3c2[nH]c2ccccc32)cc1. The van der Waals surface area contributed by atoms with Crippen molar-refractivity contribution in [1.82, 2.24) is 4.98 Å². The number of allylic oxidation sites excluding steroid dienone is 1. The van der Waals surface area contributed by atoms with Crippen molar-refractivity contribution in [3.63, 3.8) is 0 Å². The van der Waals surface area contributed by atoms with Crippen LogP contribution in [0, 0.1) is 0 Å². The molecule has 0 saturated carbocycles. The minimum atomic E-state index is -0.505. The summed E-state index contributed by atoms with van der Waals surface area (Å²) in [6.07, 6.45) is 4.42. The summed E-state index contributed by atoms with van der Waals surface area (Å²) < 4.78 is 23.8. The smallest absolute Gasteiger partial charge is 0.173 e. The Labute approximate surface area is 174 Å². The zero-order chi connectivity index (χ0) is 20.1. The molecule has 1 aliphatic carbocycles. The summed E-state index contributed by atoms with van der Waals surface area (Å²) in [7, 11) is 1.68. The van der Waals surface area contributed by atoms with Crippen molar-refractivity contribution in [2.45, 2.75) is 25.0 Å². The van der Waals surface area contributed by atoms with Crippen molar-refractivity contribution in [3.8, 4) is 5.75 Å². The summed E-state index contributed by atoms with van der Waals surface area (Å²) in [5.74, 6) is 2.20. The largest absolute Gasteiger partial charge is 0.497 e. The lowest BCUT2D eigenvalue weighted by molar-refractivity contribution is -0.161. The quantitative estimate of drug-likeness (QED) is 0.630. The molecule has 1 saturated heterocycles. The minimum absolute atomic E-state index is 0.505. The first-order chi connectivity index (χ1) is 14.7. The molecule has 3 heterocycles. The first kappa shape index (κ1) is 17.8. The Bertz CT molecular complexity index is 1180. The van der Waals surface area contributed by atoms with Crippen LogP contribution >= 0.6 is 0 Å². The lowest BCUT2D eigenvalue weighted by atomic mass is 9.84. The fourth-order valence-corrected chi connectivity index (χ4v) is 4.77. The molecule has 152 valence electrons. The van der Waals surface area contributed by atoms with Crippen LogP contribution in [0.4, 0.5) is 0 Å². The Morgan fingerprint density at radius 2 is 1.83 bits per heavy atom. The molecule has 5 nitrogen and oxygen atoms in total. The molecule has 5 heteroatoms. The van der Waals surface area contributed by atoms with Gasteiger partial charge >= 0.3 is 0 Å². The number of methoxy groups -OCH3 is 1. The topological polar surface area (TPSA) is 52.7 Å². The molecule has 30 heavy (non-hydrogen) atoms. The van der Waals surface area contributed by atoms with Gasteiger partial charge < -0.3 is 23.9 Å². The minimum Gasteiger partial charge on any atom is -0.497 e. The Morgan fingerprint density at radius 1 is 1.03 bits per heavy atom. The van der Waals surface area contributed by atoms with Gasteiger partial charge in [-0.25, -0.2) is 0 Å². The Hall–Kier alpha value is -3.02. The van der Waals surface area contributed by atoms with Crippen LogP contribution in [0.25, 0.3) is 28.3 Å². The van der Waals surface area contributed by atoms with Gasteiger partial charge in [-0.1, -0.05) is 30.3 Å². The maximum absolute atomic E-state index is 6.48. The lowest BCUT2D eigenvalue weighted by Gasteiger charge is -2.36. The second-order valence-electron chi connectivity index (χ2n) is 7.99. The maximum Gasteiger partial charge on any atom is 0.173 e. The highest BCUT2D eigenvalue weighted by Crippen LogP contribution is 2.50. The van der Waals surface area contributed by atoms with Gasteiger partial charge in [-0.05, 0) is 29.8 Å². The van der Waals surface area contributed by atoms with E-state index in [-0.39, 0.29) is 0 Å². The zero-order valence-corrected chi connectivity index (χ0v) is 16.9. The van der Waals surface area contributed by atoms with E-state index in [0.29, 0.717) is 19.6 Å². The molecule has 2 aliphatic heterocycles. The molecule has 3 aliphatic rings. The molecule has 0 bridgehead atoms. The van der Waals surface area contributed by atoms with Crippen molar-refractivity contribution in [2.24, 2.45) is 0 Å². The highest BCUT2D eigenvalue weighted by Gasteiger charge is 2.44. The third kappa shape index (κ3) is 2.77. The van der Waals surface area contributed by atoms with Gasteiger partial charge in [0, 0.05) is 41.3 Å². The second kappa shape index (κ2) is 6.76. The van der Waals surface area contributed by atoms with E-state index in [2.05, 4.69) is 35.3 Å². The van der Waals surface area contributed by atoms with Gasteiger partial charge in [-0.15, -0.1) is 0 Å². The van der Waals surface area contributed by atoms with Crippen molar-refractivity contribution < 1.29 is 18.9 Å². The van der Waals surface area contributed by atoms with Crippen molar-refractivity contribution in [2.75, 3.05) is 20.3 Å². The Kier molecular flexibility index (Phi) is 4.01. The van der Waals surface area contributed by atoms with Gasteiger partial charge in [-0.2, -0.15) is 0 Å². The van der Waals surface area contributed by atoms with Gasteiger partial charge in [0.05, 0.1) is 26.0 Å². The summed E-state index contributed by atoms with van der Waals surface area (Å²) in [4.78, 5) is 3.59. The molecule has 6 rings (SSSR count). The van der Waals surface area contributed by atoms with E-state index in [1.54, 1.807) is 7.11 Å². The van der Waals surface area contributed by atoms with E-state index in [4.69, 9.17) is 18.9 Å². The molecular weight excluding hydrogens is 378 g/mol. The number of H-pyrrole nitrogens is 1. The predicted octanol–water partition coefficient (Wildman–Crippen LogP) is 5.34. The summed E-state index contributed by atoms with van der Waals surface area (Å²) in [6.45, 7) is 1.32. The van der Waals surface area contributed by atoms with Gasteiger partial charge in [-0.3, -0.25) is 0 Å². The van der Waals surface area contributed by atoms with E-state index in [1.807, 2.05) is 24.3 Å². The highest BCUT2D eigenvalue weighted by atomic mass is 16.7. The van der Waals surface area contributed by atoms with Crippen LogP contribution in [0.1, 0.15) is 36.1 Å². The van der Waals surface area contributed by atoms with Gasteiger partial charge in [0.1, 0.15) is 11.5 Å². The van der Waals surface area contributed by atoms with Crippen LogP contribution in [-0.2, 0) is 14.2 Å². The number of rotatable bonds is 2. The number of ether oxygens (including phenoxy) is 4. The molecule has 3 aromatic rings. The average molecular weight is 401 g/mol. The van der Waals surface area contributed by atoms with E-state index in [1.165, 1.54) is 16.5 Å². The number of para-hydroxylation sites is 1. The first-order valence-electron chi connectivity index (χ1n) is 10.4. The number of nitrogens with one attached hydrogen (secondary N) is 1. The molecule has 0 radical (unpaired) electrons. The number of aromatic nitrogens is 1. The van der Waals surface area contributed by atoms with Gasteiger partial charge in [0.25, 0.3) is 0 Å². The number of fused-ring (bicyclic) bond motifs is 4. The monoisotopic (exact) mass is 401 g/mol. The fourth-order valence-electron chi connectivity index (χ4n) is 4.77. The number of aromatic amines is 1. The Balaban J connectivity index is 1.50. The van der Waals surface area contributed by atoms with Crippen LogP contribution in [0.5, 0.6) is 5.75 Å². The maximum atomic E-state index is 6.48. The summed E-state index contributed by atoms with van der Waals surface area (Å²) >= 11 is 0. The molecule has 1 aromatic heterocycles. The molecule has 2 aromatic carbocycles. The number of hydrogen-bond donors (Lipinski definition) is 1. The van der Waals surface area contributed by atoms with Crippen LogP contribution in [0.2, 0.25) is 0 Å². The predicted molar refractivity (Wildman–Crippen MR) is 116 cm³/mol. The first-order valence-corrected chi connectivity index (χ1v) is 10.4. The molecule has 1 fully saturated rings. The van der Waals surface area contributed by atoms with Crippen LogP contribution in [0.3, 0.4) is 0 Å². The van der Waals surface area contributed by atoms with Crippen molar-refractivity contribution >= 4 is 28.3 Å². The number of hydrogen-bond acceptors (Lipinski definition) is 4. The molecule has 0 atom stereocenters. The van der Waals surface area contributed by atoms with E-state index >= 15 is 0 Å². The lowest BCUT2D eigenvalue weighted by Crippen LogP contribution is -2.34. The molecule has 0 unspecified atom stereocenters. The summed E-state index contributed by atoms with van der Waals surface area (Å²) in [6, 6.07) is 16.4. The third-order valence-electron chi connectivity index (χ3n) is 6.23.